The first-order valence-corrected chi connectivity index (χ1v) is 12.0. The van der Waals surface area contributed by atoms with E-state index in [-0.39, 0.29) is 12.3 Å². The molecule has 0 saturated heterocycles. The van der Waals surface area contributed by atoms with Crippen LogP contribution in [0.2, 0.25) is 5.02 Å². The number of aliphatic hydroxyl groups excluding tert-OH is 2. The first-order valence-electron chi connectivity index (χ1n) is 10.5. The van der Waals surface area contributed by atoms with Gasteiger partial charge in [-0.3, -0.25) is 4.79 Å². The molecule has 0 aliphatic carbocycles. The molecule has 0 radical (unpaired) electrons. The van der Waals surface area contributed by atoms with Crippen molar-refractivity contribution in [2.45, 2.75) is 25.2 Å². The fourth-order valence-corrected chi connectivity index (χ4v) is 4.23. The lowest BCUT2D eigenvalue weighted by atomic mass is 10.1. The van der Waals surface area contributed by atoms with Crippen molar-refractivity contribution in [3.63, 3.8) is 0 Å². The van der Waals surface area contributed by atoms with Crippen LogP contribution < -0.4 is 15.7 Å². The summed E-state index contributed by atoms with van der Waals surface area (Å²) in [6.45, 7) is 1.08. The maximum atomic E-state index is 13.2. The molecule has 0 spiro atoms. The third-order valence-electron chi connectivity index (χ3n) is 5.25. The molecular weight excluding hydrogens is 593 g/mol. The number of hydrogen-bond acceptors (Lipinski definition) is 7. The van der Waals surface area contributed by atoms with Gasteiger partial charge in [0.25, 0.3) is 0 Å². The van der Waals surface area contributed by atoms with Crippen LogP contribution >= 0.6 is 34.2 Å². The molecule has 0 fully saturated rings. The topological polar surface area (TPSA) is 146 Å². The number of aromatic amines is 1. The van der Waals surface area contributed by atoms with Gasteiger partial charge in [-0.2, -0.15) is 0 Å². The standard InChI is InChI=1S/C23H25ClIN3O7/c1-12(34-2)20(21(31)26-18-8-5-14(25)9-17(18)24)28-22(32)19(27-23(28)33)13-3-6-16(7-4-13)35-11-15(30)10-29/h3-9,12,15,20,29-30,32H,10-11H2,1-2H3,(H,26,31)(H,27,33)/t12-,15-,20+/m1/s1. The van der Waals surface area contributed by atoms with Crippen LogP contribution in [0.4, 0.5) is 5.69 Å². The Bertz CT molecular complexity index is 1230. The van der Waals surface area contributed by atoms with Crippen LogP contribution in [0.15, 0.2) is 47.3 Å². The number of carbonyl (C=O) groups is 1. The number of anilines is 1. The Morgan fingerprint density at radius 1 is 1.26 bits per heavy atom. The highest BCUT2D eigenvalue weighted by atomic mass is 127. The number of halogens is 2. The van der Waals surface area contributed by atoms with Crippen molar-refractivity contribution in [2.24, 2.45) is 0 Å². The Hall–Kier alpha value is -2.58. The van der Waals surface area contributed by atoms with Crippen LogP contribution in [0.3, 0.4) is 0 Å². The van der Waals surface area contributed by atoms with Gasteiger partial charge in [0.15, 0.2) is 0 Å². The monoisotopic (exact) mass is 617 g/mol. The molecule has 0 saturated carbocycles. The van der Waals surface area contributed by atoms with Crippen molar-refractivity contribution in [3.05, 3.63) is 61.5 Å². The van der Waals surface area contributed by atoms with Gasteiger partial charge in [0.1, 0.15) is 30.2 Å². The summed E-state index contributed by atoms with van der Waals surface area (Å²) in [4.78, 5) is 28.6. The van der Waals surface area contributed by atoms with E-state index in [9.17, 15) is 19.8 Å². The van der Waals surface area contributed by atoms with Crippen LogP contribution in [0.25, 0.3) is 11.3 Å². The van der Waals surface area contributed by atoms with Crippen LogP contribution in [-0.2, 0) is 9.53 Å². The van der Waals surface area contributed by atoms with E-state index in [1.807, 2.05) is 0 Å². The lowest BCUT2D eigenvalue weighted by Crippen LogP contribution is -2.39. The molecule has 10 nitrogen and oxygen atoms in total. The van der Waals surface area contributed by atoms with E-state index in [1.165, 1.54) is 7.11 Å². The summed E-state index contributed by atoms with van der Waals surface area (Å²) >= 11 is 8.33. The average molecular weight is 618 g/mol. The summed E-state index contributed by atoms with van der Waals surface area (Å²) in [5, 5.41) is 32.2. The number of nitrogens with zero attached hydrogens (tertiary/aromatic N) is 1. The second-order valence-corrected chi connectivity index (χ2v) is 9.32. The molecule has 2 aromatic carbocycles. The Morgan fingerprint density at radius 2 is 1.94 bits per heavy atom. The maximum absolute atomic E-state index is 13.2. The average Bonchev–Trinajstić information content (AvgIpc) is 3.13. The molecule has 188 valence electrons. The molecule has 12 heteroatoms. The number of benzene rings is 2. The van der Waals surface area contributed by atoms with Gasteiger partial charge < -0.3 is 35.1 Å². The molecule has 3 rings (SSSR count). The van der Waals surface area contributed by atoms with Crippen molar-refractivity contribution >= 4 is 45.8 Å². The maximum Gasteiger partial charge on any atom is 0.329 e. The minimum absolute atomic E-state index is 0.0927. The molecule has 3 aromatic rings. The van der Waals surface area contributed by atoms with Gasteiger partial charge in [-0.25, -0.2) is 9.36 Å². The first kappa shape index (κ1) is 27.0. The van der Waals surface area contributed by atoms with Crippen LogP contribution in [0, 0.1) is 3.57 Å². The largest absolute Gasteiger partial charge is 0.493 e. The summed E-state index contributed by atoms with van der Waals surface area (Å²) in [7, 11) is 1.39. The molecule has 1 amide bonds. The van der Waals surface area contributed by atoms with Gasteiger partial charge in [0.2, 0.25) is 11.8 Å². The van der Waals surface area contributed by atoms with Gasteiger partial charge in [-0.1, -0.05) is 11.6 Å². The third kappa shape index (κ3) is 6.35. The number of amides is 1. The van der Waals surface area contributed by atoms with E-state index in [2.05, 4.69) is 32.9 Å². The van der Waals surface area contributed by atoms with Crippen LogP contribution in [0.5, 0.6) is 11.6 Å². The number of nitrogens with one attached hydrogen (secondary N) is 2. The number of imidazole rings is 1. The second-order valence-electron chi connectivity index (χ2n) is 7.67. The van der Waals surface area contributed by atoms with Gasteiger partial charge in [-0.15, -0.1) is 0 Å². The quantitative estimate of drug-likeness (QED) is 0.220. The van der Waals surface area contributed by atoms with E-state index >= 15 is 0 Å². The summed E-state index contributed by atoms with van der Waals surface area (Å²) in [5.74, 6) is -0.629. The Labute approximate surface area is 219 Å². The lowest BCUT2D eigenvalue weighted by molar-refractivity contribution is -0.123. The summed E-state index contributed by atoms with van der Waals surface area (Å²) in [6, 6.07) is 10.2. The van der Waals surface area contributed by atoms with Crippen LogP contribution in [0.1, 0.15) is 13.0 Å². The number of aliphatic hydroxyl groups is 2. The molecule has 0 aliphatic rings. The number of methoxy groups -OCH3 is 1. The van der Waals surface area contributed by atoms with Gasteiger partial charge >= 0.3 is 5.69 Å². The number of H-pyrrole nitrogens is 1. The van der Waals surface area contributed by atoms with Gasteiger partial charge in [-0.05, 0) is 72.0 Å². The fourth-order valence-electron chi connectivity index (χ4n) is 3.33. The van der Waals surface area contributed by atoms with Gasteiger partial charge in [0.05, 0.1) is 23.4 Å². The van der Waals surface area contributed by atoms with Crippen molar-refractivity contribution in [1.82, 2.24) is 9.55 Å². The second kappa shape index (κ2) is 11.9. The lowest BCUT2D eigenvalue weighted by Gasteiger charge is -2.23. The van der Waals surface area contributed by atoms with Crippen molar-refractivity contribution in [3.8, 4) is 22.9 Å². The van der Waals surface area contributed by atoms with Crippen molar-refractivity contribution in [2.75, 3.05) is 25.6 Å². The Balaban J connectivity index is 1.91. The normalized spacial score (nSPS) is 13.8. The molecule has 0 bridgehead atoms. The highest BCUT2D eigenvalue weighted by Crippen LogP contribution is 2.32. The van der Waals surface area contributed by atoms with E-state index in [0.717, 1.165) is 8.14 Å². The molecule has 0 unspecified atom stereocenters. The number of carbonyl (C=O) groups excluding carboxylic acids is 1. The number of rotatable bonds is 10. The van der Waals surface area contributed by atoms with Crippen molar-refractivity contribution in [1.29, 1.82) is 0 Å². The van der Waals surface area contributed by atoms with Crippen molar-refractivity contribution < 1.29 is 29.6 Å². The predicted molar refractivity (Wildman–Crippen MR) is 139 cm³/mol. The van der Waals surface area contributed by atoms with E-state index in [1.54, 1.807) is 49.4 Å². The summed E-state index contributed by atoms with van der Waals surface area (Å²) in [5.41, 5.74) is 0.209. The Morgan fingerprint density at radius 3 is 2.54 bits per heavy atom. The summed E-state index contributed by atoms with van der Waals surface area (Å²) < 4.78 is 12.5. The minimum Gasteiger partial charge on any atom is -0.493 e. The minimum atomic E-state index is -1.21. The number of ether oxygens (including phenoxy) is 2. The molecule has 0 aliphatic heterocycles. The molecule has 1 aromatic heterocycles. The highest BCUT2D eigenvalue weighted by molar-refractivity contribution is 14.1. The zero-order valence-electron chi connectivity index (χ0n) is 18.9. The summed E-state index contributed by atoms with van der Waals surface area (Å²) in [6.07, 6.45) is -1.79. The predicted octanol–water partition coefficient (Wildman–Crippen LogP) is 2.75. The van der Waals surface area contributed by atoms with Gasteiger partial charge in [0, 0.05) is 16.2 Å². The first-order chi connectivity index (χ1) is 16.7. The zero-order valence-corrected chi connectivity index (χ0v) is 21.8. The highest BCUT2D eigenvalue weighted by Gasteiger charge is 2.33. The smallest absolute Gasteiger partial charge is 0.329 e. The van der Waals surface area contributed by atoms with Crippen LogP contribution in [-0.4, -0.2) is 63.3 Å². The molecule has 3 atom stereocenters. The number of hydrogen-bond donors (Lipinski definition) is 5. The van der Waals surface area contributed by atoms with E-state index < -0.39 is 42.3 Å². The van der Waals surface area contributed by atoms with E-state index in [4.69, 9.17) is 26.2 Å². The SMILES string of the molecule is CO[C@H](C)[C@@H](C(=O)Nc1ccc(I)cc1Cl)n1c(O)c(-c2ccc(OC[C@H](O)CO)cc2)[nH]c1=O. The number of aromatic nitrogens is 2. The molecule has 5 N–H and O–H groups in total. The third-order valence-corrected chi connectivity index (χ3v) is 6.23. The molecule has 35 heavy (non-hydrogen) atoms. The fraction of sp³-hybridized carbons (Fsp3) is 0.304. The Kier molecular flexibility index (Phi) is 9.19. The zero-order chi connectivity index (χ0) is 25.7. The molecule has 1 heterocycles. The number of aromatic hydroxyl groups is 1. The van der Waals surface area contributed by atoms with E-state index in [0.29, 0.717) is 22.0 Å². The molecular formula is C23H25ClIN3O7.